The SMILES string of the molecule is NCC1CCCc2sc(C3COc4ccccc4O3)nc21. The molecule has 5 heteroatoms. The molecule has 0 spiro atoms. The third kappa shape index (κ3) is 2.30. The van der Waals surface area contributed by atoms with Crippen LogP contribution >= 0.6 is 11.3 Å². The Morgan fingerprint density at radius 2 is 2.14 bits per heavy atom. The predicted octanol–water partition coefficient (Wildman–Crippen LogP) is 3.03. The maximum Gasteiger partial charge on any atom is 0.184 e. The van der Waals surface area contributed by atoms with Gasteiger partial charge in [-0.2, -0.15) is 0 Å². The van der Waals surface area contributed by atoms with Crippen LogP contribution < -0.4 is 15.2 Å². The second-order valence-electron chi connectivity index (χ2n) is 5.55. The normalized spacial score (nSPS) is 23.7. The highest BCUT2D eigenvalue weighted by Crippen LogP contribution is 2.40. The molecule has 110 valence electrons. The third-order valence-corrected chi connectivity index (χ3v) is 5.38. The molecule has 0 bridgehead atoms. The Bertz CT molecular complexity index is 655. The highest BCUT2D eigenvalue weighted by Gasteiger charge is 2.29. The van der Waals surface area contributed by atoms with Crippen molar-refractivity contribution in [3.05, 3.63) is 39.8 Å². The maximum atomic E-state index is 6.06. The summed E-state index contributed by atoms with van der Waals surface area (Å²) in [5.74, 6) is 2.03. The van der Waals surface area contributed by atoms with Crippen LogP contribution in [0, 0.1) is 0 Å². The molecule has 1 aliphatic carbocycles. The van der Waals surface area contributed by atoms with Crippen LogP contribution in [-0.2, 0) is 6.42 Å². The lowest BCUT2D eigenvalue weighted by atomic mass is 9.91. The van der Waals surface area contributed by atoms with E-state index in [9.17, 15) is 0 Å². The molecule has 1 aliphatic heterocycles. The summed E-state index contributed by atoms with van der Waals surface area (Å²) in [6.45, 7) is 1.21. The van der Waals surface area contributed by atoms with Gasteiger partial charge >= 0.3 is 0 Å². The molecule has 2 heterocycles. The number of thiazole rings is 1. The molecule has 0 saturated carbocycles. The fourth-order valence-corrected chi connectivity index (χ4v) is 4.24. The fourth-order valence-electron chi connectivity index (χ4n) is 3.03. The number of benzene rings is 1. The number of rotatable bonds is 2. The number of nitrogens with two attached hydrogens (primary N) is 1. The lowest BCUT2D eigenvalue weighted by Gasteiger charge is -2.24. The van der Waals surface area contributed by atoms with E-state index in [-0.39, 0.29) is 6.10 Å². The highest BCUT2D eigenvalue weighted by atomic mass is 32.1. The molecule has 2 aromatic rings. The number of ether oxygens (including phenoxy) is 2. The minimum atomic E-state index is -0.103. The second kappa shape index (κ2) is 5.31. The minimum absolute atomic E-state index is 0.103. The largest absolute Gasteiger partial charge is 0.485 e. The van der Waals surface area contributed by atoms with E-state index in [2.05, 4.69) is 0 Å². The zero-order chi connectivity index (χ0) is 14.2. The van der Waals surface area contributed by atoms with E-state index in [0.29, 0.717) is 19.1 Å². The Labute approximate surface area is 127 Å². The van der Waals surface area contributed by atoms with Crippen molar-refractivity contribution in [3.63, 3.8) is 0 Å². The molecule has 0 fully saturated rings. The van der Waals surface area contributed by atoms with Gasteiger partial charge < -0.3 is 15.2 Å². The van der Waals surface area contributed by atoms with Crippen LogP contribution in [0.5, 0.6) is 11.5 Å². The second-order valence-corrected chi connectivity index (χ2v) is 6.66. The fraction of sp³-hybridized carbons (Fsp3) is 0.438. The van der Waals surface area contributed by atoms with E-state index in [1.165, 1.54) is 17.0 Å². The predicted molar refractivity (Wildman–Crippen MR) is 82.2 cm³/mol. The van der Waals surface area contributed by atoms with Crippen LogP contribution in [0.15, 0.2) is 24.3 Å². The molecule has 2 aliphatic rings. The summed E-state index contributed by atoms with van der Waals surface area (Å²) < 4.78 is 11.8. The van der Waals surface area contributed by atoms with E-state index >= 15 is 0 Å². The molecule has 2 atom stereocenters. The van der Waals surface area contributed by atoms with Crippen molar-refractivity contribution in [2.75, 3.05) is 13.2 Å². The van der Waals surface area contributed by atoms with Crippen LogP contribution in [0.25, 0.3) is 0 Å². The summed E-state index contributed by atoms with van der Waals surface area (Å²) in [6.07, 6.45) is 3.38. The Hall–Kier alpha value is -1.59. The average Bonchev–Trinajstić information content (AvgIpc) is 2.98. The van der Waals surface area contributed by atoms with E-state index < -0.39 is 0 Å². The molecule has 2 unspecified atom stereocenters. The van der Waals surface area contributed by atoms with Crippen LogP contribution in [0.2, 0.25) is 0 Å². The average molecular weight is 302 g/mol. The Balaban J connectivity index is 1.62. The molecule has 21 heavy (non-hydrogen) atoms. The van der Waals surface area contributed by atoms with Gasteiger partial charge in [-0.05, 0) is 31.4 Å². The van der Waals surface area contributed by atoms with Gasteiger partial charge in [0.15, 0.2) is 17.6 Å². The van der Waals surface area contributed by atoms with E-state index in [1.54, 1.807) is 11.3 Å². The molecule has 1 aromatic carbocycles. The van der Waals surface area contributed by atoms with Crippen molar-refractivity contribution < 1.29 is 9.47 Å². The number of aryl methyl sites for hydroxylation is 1. The number of hydrogen-bond donors (Lipinski definition) is 1. The topological polar surface area (TPSA) is 57.4 Å². The Morgan fingerprint density at radius 1 is 1.29 bits per heavy atom. The minimum Gasteiger partial charge on any atom is -0.485 e. The summed E-state index contributed by atoms with van der Waals surface area (Å²) in [7, 11) is 0. The van der Waals surface area contributed by atoms with Gasteiger partial charge in [-0.3, -0.25) is 0 Å². The summed E-state index contributed by atoms with van der Waals surface area (Å²) in [4.78, 5) is 6.22. The van der Waals surface area contributed by atoms with Crippen LogP contribution in [0.1, 0.15) is 40.4 Å². The van der Waals surface area contributed by atoms with Crippen molar-refractivity contribution in [2.45, 2.75) is 31.3 Å². The van der Waals surface area contributed by atoms with Gasteiger partial charge in [0.05, 0.1) is 5.69 Å². The van der Waals surface area contributed by atoms with Crippen molar-refractivity contribution in [3.8, 4) is 11.5 Å². The molecule has 0 saturated heterocycles. The molecule has 0 amide bonds. The molecule has 2 N–H and O–H groups in total. The van der Waals surface area contributed by atoms with Gasteiger partial charge in [-0.1, -0.05) is 12.1 Å². The first-order valence-electron chi connectivity index (χ1n) is 7.43. The van der Waals surface area contributed by atoms with Crippen LogP contribution in [-0.4, -0.2) is 18.1 Å². The van der Waals surface area contributed by atoms with Crippen molar-refractivity contribution >= 4 is 11.3 Å². The monoisotopic (exact) mass is 302 g/mol. The number of para-hydroxylation sites is 2. The highest BCUT2D eigenvalue weighted by molar-refractivity contribution is 7.11. The van der Waals surface area contributed by atoms with Crippen molar-refractivity contribution in [1.82, 2.24) is 4.98 Å². The first-order chi connectivity index (χ1) is 10.3. The van der Waals surface area contributed by atoms with E-state index in [0.717, 1.165) is 29.3 Å². The Kier molecular flexibility index (Phi) is 3.31. The Morgan fingerprint density at radius 3 is 3.00 bits per heavy atom. The van der Waals surface area contributed by atoms with Gasteiger partial charge in [-0.25, -0.2) is 4.98 Å². The zero-order valence-corrected chi connectivity index (χ0v) is 12.6. The first-order valence-corrected chi connectivity index (χ1v) is 8.25. The number of fused-ring (bicyclic) bond motifs is 2. The van der Waals surface area contributed by atoms with Gasteiger partial charge in [-0.15, -0.1) is 11.3 Å². The lowest BCUT2D eigenvalue weighted by molar-refractivity contribution is 0.0909. The standard InChI is InChI=1S/C16H18N2O2S/c17-8-10-4-3-7-14-15(10)18-16(21-14)13-9-19-11-5-1-2-6-12(11)20-13/h1-2,5-6,10,13H,3-4,7-9,17H2. The summed E-state index contributed by atoms with van der Waals surface area (Å²) >= 11 is 1.76. The van der Waals surface area contributed by atoms with Gasteiger partial charge in [0.2, 0.25) is 0 Å². The van der Waals surface area contributed by atoms with Gasteiger partial charge in [0.25, 0.3) is 0 Å². The summed E-state index contributed by atoms with van der Waals surface area (Å²) in [6, 6.07) is 7.79. The molecule has 4 rings (SSSR count). The van der Waals surface area contributed by atoms with E-state index in [4.69, 9.17) is 20.2 Å². The van der Waals surface area contributed by atoms with Gasteiger partial charge in [0, 0.05) is 17.3 Å². The molecular weight excluding hydrogens is 284 g/mol. The molecule has 0 radical (unpaired) electrons. The zero-order valence-electron chi connectivity index (χ0n) is 11.7. The first kappa shape index (κ1) is 13.1. The smallest absolute Gasteiger partial charge is 0.184 e. The number of nitrogens with zero attached hydrogens (tertiary/aromatic N) is 1. The van der Waals surface area contributed by atoms with Gasteiger partial charge in [0.1, 0.15) is 11.6 Å². The van der Waals surface area contributed by atoms with Crippen LogP contribution in [0.4, 0.5) is 0 Å². The lowest BCUT2D eigenvalue weighted by Crippen LogP contribution is -2.22. The molecule has 1 aromatic heterocycles. The quantitative estimate of drug-likeness (QED) is 0.926. The van der Waals surface area contributed by atoms with E-state index in [1.807, 2.05) is 24.3 Å². The maximum absolute atomic E-state index is 6.06. The van der Waals surface area contributed by atoms with Crippen molar-refractivity contribution in [2.24, 2.45) is 5.73 Å². The third-order valence-electron chi connectivity index (χ3n) is 4.16. The number of hydrogen-bond acceptors (Lipinski definition) is 5. The molecule has 4 nitrogen and oxygen atoms in total. The molecular formula is C16H18N2O2S. The number of aromatic nitrogens is 1. The van der Waals surface area contributed by atoms with Crippen LogP contribution in [0.3, 0.4) is 0 Å². The summed E-state index contributed by atoms with van der Waals surface area (Å²) in [5, 5.41) is 1.02. The van der Waals surface area contributed by atoms with Crippen molar-refractivity contribution in [1.29, 1.82) is 0 Å². The summed E-state index contributed by atoms with van der Waals surface area (Å²) in [5.41, 5.74) is 7.08.